The Kier molecular flexibility index (Phi) is 5.31. The van der Waals surface area contributed by atoms with Gasteiger partial charge in [-0.3, -0.25) is 0 Å². The molecule has 1 heterocycles. The molecular weight excluding hydrogens is 309 g/mol. The molecule has 2 aromatic rings. The molecule has 3 rings (SSSR count). The van der Waals surface area contributed by atoms with Crippen LogP contribution < -0.4 is 56.3 Å². The van der Waals surface area contributed by atoms with Gasteiger partial charge in [-0.1, -0.05) is 36.0 Å². The van der Waals surface area contributed by atoms with Crippen LogP contribution in [-0.2, 0) is 0 Å². The van der Waals surface area contributed by atoms with Gasteiger partial charge < -0.3 is 17.8 Å². The van der Waals surface area contributed by atoms with E-state index in [1.165, 1.54) is 16.7 Å². The predicted octanol–water partition coefficient (Wildman–Crippen LogP) is 1.68. The minimum Gasteiger partial charge on any atom is -0.448 e. The molecule has 0 amide bonds. The second-order valence-electron chi connectivity index (χ2n) is 4.36. The van der Waals surface area contributed by atoms with Crippen LogP contribution in [0.5, 0.6) is 0 Å². The molecule has 1 nitrogen and oxygen atoms in total. The molecule has 0 atom stereocenters. The van der Waals surface area contributed by atoms with Crippen LogP contribution >= 0.6 is 11.8 Å². The van der Waals surface area contributed by atoms with E-state index in [1.807, 2.05) is 24.3 Å². The van der Waals surface area contributed by atoms with Crippen LogP contribution in [0.4, 0.5) is 24.3 Å². The van der Waals surface area contributed by atoms with Gasteiger partial charge in [-0.2, -0.15) is 0 Å². The van der Waals surface area contributed by atoms with Gasteiger partial charge in [-0.25, -0.2) is 0 Å². The summed E-state index contributed by atoms with van der Waals surface area (Å²) in [4.78, 5) is 3.09. The number of nitrogens with zero attached hydrogens (tertiary/aromatic N) is 1. The topological polar surface area (TPSA) is 3.24 Å². The fourth-order valence-electron chi connectivity index (χ4n) is 2.18. The second-order valence-corrected chi connectivity index (χ2v) is 5.44. The van der Waals surface area contributed by atoms with Crippen molar-refractivity contribution in [1.29, 1.82) is 0 Å². The largest absolute Gasteiger partial charge is 1.00 e. The summed E-state index contributed by atoms with van der Waals surface area (Å²) in [5, 5.41) is 0. The van der Waals surface area contributed by atoms with Gasteiger partial charge in [0, 0.05) is 9.79 Å². The Balaban J connectivity index is 0.00000147. The van der Waals surface area contributed by atoms with Crippen molar-refractivity contribution in [2.45, 2.75) is 9.79 Å². The first kappa shape index (κ1) is 16.5. The van der Waals surface area contributed by atoms with Crippen molar-refractivity contribution in [2.24, 2.45) is 0 Å². The summed E-state index contributed by atoms with van der Waals surface area (Å²) in [6, 6.07) is 14.4. The van der Waals surface area contributed by atoms with Gasteiger partial charge in [0.2, 0.25) is 0 Å². The van der Waals surface area contributed by atoms with Gasteiger partial charge in [0.25, 0.3) is 0 Å². The molecule has 0 fully saturated rings. The summed E-state index contributed by atoms with van der Waals surface area (Å²) in [6.07, 6.45) is -0.908. The Morgan fingerprint density at radius 1 is 0.850 bits per heavy atom. The molecule has 1 aliphatic rings. The molecule has 20 heavy (non-hydrogen) atoms. The number of hydrogen-bond acceptors (Lipinski definition) is 2. The maximum Gasteiger partial charge on any atom is 1.00 e. The molecule has 98 valence electrons. The van der Waals surface area contributed by atoms with E-state index >= 15 is 0 Å². The molecule has 0 bridgehead atoms. The van der Waals surface area contributed by atoms with E-state index in [1.54, 1.807) is 24.3 Å². The molecule has 0 unspecified atom stereocenters. The molecule has 0 aliphatic carbocycles. The van der Waals surface area contributed by atoms with Crippen LogP contribution in [0, 0.1) is 0 Å². The molecule has 0 spiro atoms. The molecule has 2 aromatic carbocycles. The zero-order valence-corrected chi connectivity index (χ0v) is 14.8. The standard InChI is InChI=1S/C13H10BF3NS.K/c15-14(16,17)9-18-10-5-1-3-7-12(10)19-13-8-4-2-6-11(13)18;/h1-8H,9H2;/q-1;+1. The van der Waals surface area contributed by atoms with Crippen LogP contribution in [-0.4, -0.2) is 13.4 Å². The first-order chi connectivity index (χ1) is 9.04. The zero-order chi connectivity index (χ0) is 13.5. The quantitative estimate of drug-likeness (QED) is 0.775. The number of halogens is 3. The summed E-state index contributed by atoms with van der Waals surface area (Å²) >= 11 is 1.51. The van der Waals surface area contributed by atoms with Gasteiger partial charge in [-0.05, 0) is 30.7 Å². The summed E-state index contributed by atoms with van der Waals surface area (Å²) in [5.41, 5.74) is 1.26. The molecule has 0 aromatic heterocycles. The van der Waals surface area contributed by atoms with Crippen molar-refractivity contribution in [3.05, 3.63) is 48.5 Å². The van der Waals surface area contributed by atoms with Gasteiger partial charge in [0.05, 0.1) is 11.4 Å². The monoisotopic (exact) mass is 319 g/mol. The van der Waals surface area contributed by atoms with Crippen LogP contribution in [0.3, 0.4) is 0 Å². The molecule has 0 radical (unpaired) electrons. The van der Waals surface area contributed by atoms with Crippen LogP contribution in [0.1, 0.15) is 0 Å². The smallest absolute Gasteiger partial charge is 0.448 e. The summed E-state index contributed by atoms with van der Waals surface area (Å²) in [7, 11) is 0. The van der Waals surface area contributed by atoms with E-state index in [0.717, 1.165) is 9.79 Å². The van der Waals surface area contributed by atoms with E-state index < -0.39 is 13.4 Å². The zero-order valence-electron chi connectivity index (χ0n) is 10.9. The average Bonchev–Trinajstić information content (AvgIpc) is 2.37. The number of anilines is 2. The maximum atomic E-state index is 12.8. The van der Waals surface area contributed by atoms with Crippen molar-refractivity contribution in [3.8, 4) is 0 Å². The summed E-state index contributed by atoms with van der Waals surface area (Å²) < 4.78 is 38.5. The Labute approximate surface area is 162 Å². The van der Waals surface area contributed by atoms with Gasteiger partial charge in [0.15, 0.2) is 0 Å². The van der Waals surface area contributed by atoms with E-state index in [2.05, 4.69) is 0 Å². The van der Waals surface area contributed by atoms with Gasteiger partial charge >= 0.3 is 58.4 Å². The van der Waals surface area contributed by atoms with Gasteiger partial charge in [0.1, 0.15) is 0 Å². The fraction of sp³-hybridized carbons (Fsp3) is 0.0769. The van der Waals surface area contributed by atoms with Gasteiger partial charge in [-0.15, -0.1) is 0 Å². The molecule has 1 aliphatic heterocycles. The molecule has 0 N–H and O–H groups in total. The number of benzene rings is 2. The third-order valence-corrected chi connectivity index (χ3v) is 4.05. The minimum absolute atomic E-state index is 0. The Morgan fingerprint density at radius 2 is 1.30 bits per heavy atom. The predicted molar refractivity (Wildman–Crippen MR) is 73.1 cm³/mol. The van der Waals surface area contributed by atoms with Crippen molar-refractivity contribution < 1.29 is 64.3 Å². The average molecular weight is 319 g/mol. The minimum atomic E-state index is -4.88. The first-order valence-corrected chi connectivity index (χ1v) is 6.71. The van der Waals surface area contributed by atoms with Crippen LogP contribution in [0.2, 0.25) is 0 Å². The fourth-order valence-corrected chi connectivity index (χ4v) is 3.28. The Morgan fingerprint density at radius 3 is 1.75 bits per heavy atom. The molecule has 0 saturated heterocycles. The normalized spacial score (nSPS) is 13.2. The molecule has 0 saturated carbocycles. The van der Waals surface area contributed by atoms with E-state index in [-0.39, 0.29) is 51.4 Å². The SMILES string of the molecule is F[B-](F)(F)CN1c2ccccc2Sc2ccccc21.[K+]. The van der Waals surface area contributed by atoms with Crippen molar-refractivity contribution >= 4 is 30.1 Å². The number of rotatable bonds is 2. The maximum absolute atomic E-state index is 12.8. The number of para-hydroxylation sites is 2. The second kappa shape index (κ2) is 6.46. The van der Waals surface area contributed by atoms with E-state index in [9.17, 15) is 12.9 Å². The Hall–Kier alpha value is 0.0813. The summed E-state index contributed by atoms with van der Waals surface area (Å²) in [6.45, 7) is -4.88. The van der Waals surface area contributed by atoms with Crippen LogP contribution in [0.25, 0.3) is 0 Å². The first-order valence-electron chi connectivity index (χ1n) is 5.89. The third kappa shape index (κ3) is 3.45. The van der Waals surface area contributed by atoms with E-state index in [4.69, 9.17) is 0 Å². The molecular formula is C13H10BF3KNS. The Bertz CT molecular complexity index is 575. The van der Waals surface area contributed by atoms with Crippen molar-refractivity contribution in [2.75, 3.05) is 11.3 Å². The number of hydrogen-bond donors (Lipinski definition) is 0. The van der Waals surface area contributed by atoms with E-state index in [0.29, 0.717) is 11.4 Å². The van der Waals surface area contributed by atoms with Crippen molar-refractivity contribution in [3.63, 3.8) is 0 Å². The number of fused-ring (bicyclic) bond motifs is 2. The molecule has 7 heteroatoms. The van der Waals surface area contributed by atoms with Crippen molar-refractivity contribution in [1.82, 2.24) is 0 Å². The summed E-state index contributed by atoms with van der Waals surface area (Å²) in [5.74, 6) is 0. The van der Waals surface area contributed by atoms with Crippen LogP contribution in [0.15, 0.2) is 58.3 Å². The third-order valence-electron chi connectivity index (χ3n) is 2.92.